The quantitative estimate of drug-likeness (QED) is 0.932. The molecule has 0 bridgehead atoms. The molecule has 0 saturated heterocycles. The van der Waals surface area contributed by atoms with Crippen molar-refractivity contribution in [2.45, 2.75) is 38.1 Å². The van der Waals surface area contributed by atoms with Gasteiger partial charge in [0.15, 0.2) is 0 Å². The summed E-state index contributed by atoms with van der Waals surface area (Å²) < 4.78 is 5.61. The second-order valence-corrected chi connectivity index (χ2v) is 5.97. The lowest BCUT2D eigenvalue weighted by atomic mass is 9.84. The van der Waals surface area contributed by atoms with E-state index in [0.29, 0.717) is 5.57 Å². The lowest BCUT2D eigenvalue weighted by Gasteiger charge is -2.27. The van der Waals surface area contributed by atoms with Crippen molar-refractivity contribution in [2.75, 3.05) is 6.61 Å². The number of nitriles is 1. The molecule has 1 unspecified atom stereocenters. The van der Waals surface area contributed by atoms with Crippen molar-refractivity contribution in [2.24, 2.45) is 5.92 Å². The number of hydrogen-bond donors (Lipinski definition) is 1. The van der Waals surface area contributed by atoms with Gasteiger partial charge in [-0.2, -0.15) is 5.26 Å². The maximum absolute atomic E-state index is 12.4. The summed E-state index contributed by atoms with van der Waals surface area (Å²) in [6.45, 7) is 0.256. The second-order valence-electron chi connectivity index (χ2n) is 5.97. The zero-order valence-electron chi connectivity index (χ0n) is 12.5. The maximum atomic E-state index is 12.4. The summed E-state index contributed by atoms with van der Waals surface area (Å²) in [5.74, 6) is 0.884. The van der Waals surface area contributed by atoms with E-state index >= 15 is 0 Å². The molecule has 4 heteroatoms. The summed E-state index contributed by atoms with van der Waals surface area (Å²) >= 11 is 0. The number of ether oxygens (including phenoxy) is 1. The Hall–Kier alpha value is -2.28. The highest BCUT2D eigenvalue weighted by molar-refractivity contribution is 5.99. The molecule has 1 saturated carbocycles. The minimum atomic E-state index is -0.397. The third-order valence-corrected chi connectivity index (χ3v) is 4.47. The van der Waals surface area contributed by atoms with Gasteiger partial charge in [0.05, 0.1) is 11.6 Å². The molecule has 1 aliphatic heterocycles. The number of rotatable bonds is 3. The molecule has 1 atom stereocenters. The highest BCUT2D eigenvalue weighted by Crippen LogP contribution is 2.28. The first-order chi connectivity index (χ1) is 10.8. The van der Waals surface area contributed by atoms with Gasteiger partial charge in [-0.3, -0.25) is 4.79 Å². The van der Waals surface area contributed by atoms with Crippen LogP contribution in [0.25, 0.3) is 6.08 Å². The van der Waals surface area contributed by atoms with E-state index in [9.17, 15) is 10.1 Å². The molecule has 1 fully saturated rings. The highest BCUT2D eigenvalue weighted by Gasteiger charge is 2.26. The number of fused-ring (bicyclic) bond motifs is 1. The van der Waals surface area contributed by atoms with Crippen molar-refractivity contribution < 1.29 is 9.53 Å². The van der Waals surface area contributed by atoms with Crippen LogP contribution in [0.5, 0.6) is 5.75 Å². The molecule has 1 heterocycles. The molecule has 2 aliphatic rings. The summed E-state index contributed by atoms with van der Waals surface area (Å²) in [7, 11) is 0. The van der Waals surface area contributed by atoms with Crippen molar-refractivity contribution in [1.29, 1.82) is 5.26 Å². The third-order valence-electron chi connectivity index (χ3n) is 4.47. The van der Waals surface area contributed by atoms with Gasteiger partial charge in [0.25, 0.3) is 5.91 Å². The summed E-state index contributed by atoms with van der Waals surface area (Å²) in [5, 5.41) is 12.3. The third kappa shape index (κ3) is 3.14. The van der Waals surface area contributed by atoms with Crippen LogP contribution in [-0.4, -0.2) is 18.6 Å². The number of nitrogens with one attached hydrogen (secondary N) is 1. The minimum Gasteiger partial charge on any atom is -0.488 e. The average Bonchev–Trinajstić information content (AvgIpc) is 2.59. The van der Waals surface area contributed by atoms with Crippen molar-refractivity contribution in [3.05, 3.63) is 35.4 Å². The Kier molecular flexibility index (Phi) is 4.43. The molecular weight excluding hydrogens is 276 g/mol. The van der Waals surface area contributed by atoms with Crippen LogP contribution >= 0.6 is 0 Å². The fourth-order valence-corrected chi connectivity index (χ4v) is 3.20. The standard InChI is InChI=1S/C18H20N2O2/c19-11-16(13-6-2-1-3-7-13)20-18(21)15-10-14-8-4-5-9-17(14)22-12-15/h4-5,8-10,13,16H,1-3,6-7,12H2,(H,20,21). The molecule has 1 N–H and O–H groups in total. The summed E-state index contributed by atoms with van der Waals surface area (Å²) in [5.41, 5.74) is 1.49. The van der Waals surface area contributed by atoms with Crippen LogP contribution in [0.1, 0.15) is 37.7 Å². The Labute approximate surface area is 130 Å². The van der Waals surface area contributed by atoms with Crippen LogP contribution in [0.2, 0.25) is 0 Å². The smallest absolute Gasteiger partial charge is 0.251 e. The maximum Gasteiger partial charge on any atom is 0.251 e. The molecule has 1 amide bonds. The summed E-state index contributed by atoms with van der Waals surface area (Å²) in [4.78, 5) is 12.4. The first kappa shape index (κ1) is 14.6. The van der Waals surface area contributed by atoms with Gasteiger partial charge in [0, 0.05) is 5.56 Å². The van der Waals surface area contributed by atoms with Gasteiger partial charge in [0.1, 0.15) is 18.4 Å². The molecule has 1 aromatic carbocycles. The van der Waals surface area contributed by atoms with E-state index in [1.807, 2.05) is 30.3 Å². The molecule has 4 nitrogen and oxygen atoms in total. The van der Waals surface area contributed by atoms with Crippen LogP contribution in [0.3, 0.4) is 0 Å². The van der Waals surface area contributed by atoms with E-state index in [0.717, 1.165) is 37.0 Å². The fraction of sp³-hybridized carbons (Fsp3) is 0.444. The average molecular weight is 296 g/mol. The molecule has 0 radical (unpaired) electrons. The van der Waals surface area contributed by atoms with Crippen molar-refractivity contribution in [1.82, 2.24) is 5.32 Å². The lowest BCUT2D eigenvalue weighted by Crippen LogP contribution is -2.41. The second kappa shape index (κ2) is 6.65. The molecular formula is C18H20N2O2. The largest absolute Gasteiger partial charge is 0.488 e. The Bertz CT molecular complexity index is 624. The topological polar surface area (TPSA) is 62.1 Å². The van der Waals surface area contributed by atoms with E-state index in [-0.39, 0.29) is 18.4 Å². The Balaban J connectivity index is 1.69. The lowest BCUT2D eigenvalue weighted by molar-refractivity contribution is -0.118. The molecule has 0 aromatic heterocycles. The fourth-order valence-electron chi connectivity index (χ4n) is 3.20. The molecule has 114 valence electrons. The Morgan fingerprint density at radius 2 is 2.05 bits per heavy atom. The van der Waals surface area contributed by atoms with Crippen LogP contribution in [0.4, 0.5) is 0 Å². The number of amides is 1. The van der Waals surface area contributed by atoms with Gasteiger partial charge in [-0.15, -0.1) is 0 Å². The van der Waals surface area contributed by atoms with Gasteiger partial charge in [-0.05, 0) is 30.9 Å². The van der Waals surface area contributed by atoms with Gasteiger partial charge in [-0.1, -0.05) is 37.5 Å². The molecule has 1 aromatic rings. The van der Waals surface area contributed by atoms with Crippen LogP contribution in [0.15, 0.2) is 29.8 Å². The van der Waals surface area contributed by atoms with E-state index < -0.39 is 6.04 Å². The number of hydrogen-bond acceptors (Lipinski definition) is 3. The number of carbonyl (C=O) groups excluding carboxylic acids is 1. The monoisotopic (exact) mass is 296 g/mol. The van der Waals surface area contributed by atoms with Crippen molar-refractivity contribution in [3.8, 4) is 11.8 Å². The van der Waals surface area contributed by atoms with E-state index in [1.54, 1.807) is 0 Å². The van der Waals surface area contributed by atoms with Gasteiger partial charge < -0.3 is 10.1 Å². The SMILES string of the molecule is N#CC(NC(=O)C1=Cc2ccccc2OC1)C1CCCCC1. The summed E-state index contributed by atoms with van der Waals surface area (Å²) in [6, 6.07) is 9.50. The molecule has 3 rings (SSSR count). The van der Waals surface area contributed by atoms with Gasteiger partial charge in [0.2, 0.25) is 0 Å². The first-order valence-corrected chi connectivity index (χ1v) is 7.91. The van der Waals surface area contributed by atoms with Gasteiger partial charge in [-0.25, -0.2) is 0 Å². The predicted molar refractivity (Wildman–Crippen MR) is 84.0 cm³/mol. The van der Waals surface area contributed by atoms with Crippen molar-refractivity contribution >= 4 is 12.0 Å². The van der Waals surface area contributed by atoms with Crippen LogP contribution in [-0.2, 0) is 4.79 Å². The number of para-hydroxylation sites is 1. The highest BCUT2D eigenvalue weighted by atomic mass is 16.5. The normalized spacial score (nSPS) is 19.1. The number of carbonyl (C=O) groups is 1. The van der Waals surface area contributed by atoms with E-state index in [1.165, 1.54) is 6.42 Å². The van der Waals surface area contributed by atoms with E-state index in [2.05, 4.69) is 11.4 Å². The minimum absolute atomic E-state index is 0.188. The zero-order valence-corrected chi connectivity index (χ0v) is 12.5. The first-order valence-electron chi connectivity index (χ1n) is 7.91. The van der Waals surface area contributed by atoms with Gasteiger partial charge >= 0.3 is 0 Å². The van der Waals surface area contributed by atoms with Crippen LogP contribution in [0, 0.1) is 17.2 Å². The Morgan fingerprint density at radius 3 is 2.82 bits per heavy atom. The van der Waals surface area contributed by atoms with Crippen LogP contribution < -0.4 is 10.1 Å². The zero-order chi connectivity index (χ0) is 15.4. The predicted octanol–water partition coefficient (Wildman–Crippen LogP) is 3.05. The van der Waals surface area contributed by atoms with E-state index in [4.69, 9.17) is 4.74 Å². The molecule has 22 heavy (non-hydrogen) atoms. The number of nitrogens with zero attached hydrogens (tertiary/aromatic N) is 1. The Morgan fingerprint density at radius 1 is 1.27 bits per heavy atom. The summed E-state index contributed by atoms with van der Waals surface area (Å²) in [6.07, 6.45) is 7.44. The van der Waals surface area contributed by atoms with Crippen molar-refractivity contribution in [3.63, 3.8) is 0 Å². The molecule has 0 spiro atoms. The molecule has 1 aliphatic carbocycles. The number of benzene rings is 1.